The molecule has 0 aliphatic heterocycles. The number of aliphatic hydroxyl groups is 1. The van der Waals surface area contributed by atoms with E-state index in [1.807, 2.05) is 25.1 Å². The van der Waals surface area contributed by atoms with Crippen LogP contribution in [0, 0.1) is 5.92 Å². The van der Waals surface area contributed by atoms with Crippen molar-refractivity contribution in [3.63, 3.8) is 0 Å². The summed E-state index contributed by atoms with van der Waals surface area (Å²) in [5.41, 5.74) is 0. The van der Waals surface area contributed by atoms with Gasteiger partial charge in [-0.1, -0.05) is 31.7 Å². The number of ether oxygens (including phenoxy) is 3. The van der Waals surface area contributed by atoms with Gasteiger partial charge in [-0.05, 0) is 51.7 Å². The van der Waals surface area contributed by atoms with Crippen LogP contribution in [0.25, 0.3) is 0 Å². The van der Waals surface area contributed by atoms with Crippen LogP contribution in [0.2, 0.25) is 0 Å². The Labute approximate surface area is 180 Å². The van der Waals surface area contributed by atoms with Crippen molar-refractivity contribution in [2.24, 2.45) is 5.92 Å². The van der Waals surface area contributed by atoms with E-state index in [1.165, 1.54) is 0 Å². The van der Waals surface area contributed by atoms with Gasteiger partial charge >= 0.3 is 5.97 Å². The molecular formula is C24H38O6. The molecule has 0 aromatic heterocycles. The fraction of sp³-hybridized carbons (Fsp3) is 0.667. The number of hydrogen-bond donors (Lipinski definition) is 1. The van der Waals surface area contributed by atoms with Gasteiger partial charge in [-0.2, -0.15) is 0 Å². The molecule has 1 N–H and O–H groups in total. The summed E-state index contributed by atoms with van der Waals surface area (Å²) in [6, 6.07) is 7.29. The lowest BCUT2D eigenvalue weighted by Gasteiger charge is -2.16. The molecule has 0 spiro atoms. The second-order valence-corrected chi connectivity index (χ2v) is 7.64. The summed E-state index contributed by atoms with van der Waals surface area (Å²) in [5.74, 6) is 1.50. The Morgan fingerprint density at radius 2 is 1.70 bits per heavy atom. The topological polar surface area (TPSA) is 82.1 Å². The Kier molecular flexibility index (Phi) is 13.6. The molecule has 0 fully saturated rings. The van der Waals surface area contributed by atoms with Crippen molar-refractivity contribution in [2.45, 2.75) is 77.7 Å². The molecule has 0 amide bonds. The van der Waals surface area contributed by atoms with Crippen LogP contribution in [0.1, 0.15) is 71.6 Å². The molecule has 0 radical (unpaired) electrons. The van der Waals surface area contributed by atoms with Crippen molar-refractivity contribution in [1.29, 1.82) is 0 Å². The zero-order valence-corrected chi connectivity index (χ0v) is 18.7. The summed E-state index contributed by atoms with van der Waals surface area (Å²) in [5, 5.41) is 10.2. The number of rotatable bonds is 17. The number of benzene rings is 1. The maximum absolute atomic E-state index is 11.9. The van der Waals surface area contributed by atoms with Gasteiger partial charge in [0.25, 0.3) is 0 Å². The van der Waals surface area contributed by atoms with Crippen molar-refractivity contribution in [1.82, 2.24) is 0 Å². The first-order chi connectivity index (χ1) is 14.5. The van der Waals surface area contributed by atoms with Crippen LogP contribution in [-0.2, 0) is 14.3 Å². The van der Waals surface area contributed by atoms with Crippen molar-refractivity contribution in [2.75, 3.05) is 20.3 Å². The van der Waals surface area contributed by atoms with Crippen LogP contribution in [0.3, 0.4) is 0 Å². The second-order valence-electron chi connectivity index (χ2n) is 7.64. The Morgan fingerprint density at radius 1 is 1.00 bits per heavy atom. The van der Waals surface area contributed by atoms with Crippen LogP contribution < -0.4 is 9.47 Å². The molecule has 0 aliphatic carbocycles. The minimum Gasteiger partial charge on any atom is -0.497 e. The molecule has 1 rings (SSSR count). The van der Waals surface area contributed by atoms with Crippen LogP contribution >= 0.6 is 0 Å². The maximum atomic E-state index is 11.9. The van der Waals surface area contributed by atoms with E-state index in [0.29, 0.717) is 30.9 Å². The molecular weight excluding hydrogens is 384 g/mol. The van der Waals surface area contributed by atoms with Gasteiger partial charge in [-0.3, -0.25) is 9.59 Å². The highest BCUT2D eigenvalue weighted by Gasteiger charge is 2.15. The third kappa shape index (κ3) is 11.8. The van der Waals surface area contributed by atoms with Crippen LogP contribution in [0.15, 0.2) is 24.3 Å². The molecule has 2 atom stereocenters. The third-order valence-electron chi connectivity index (χ3n) is 5.14. The largest absolute Gasteiger partial charge is 0.497 e. The fourth-order valence-electron chi connectivity index (χ4n) is 3.36. The lowest BCUT2D eigenvalue weighted by atomic mass is 9.91. The van der Waals surface area contributed by atoms with Crippen LogP contribution in [0.4, 0.5) is 0 Å². The van der Waals surface area contributed by atoms with E-state index in [2.05, 4.69) is 0 Å². The second kappa shape index (κ2) is 15.7. The average molecular weight is 423 g/mol. The monoisotopic (exact) mass is 422 g/mol. The predicted octanol–water partition coefficient (Wildman–Crippen LogP) is 4.71. The maximum Gasteiger partial charge on any atom is 0.305 e. The first kappa shape index (κ1) is 26.0. The number of Topliss-reactive ketones (excluding diaryl/α,β-unsaturated/α-hetero) is 1. The van der Waals surface area contributed by atoms with E-state index in [-0.39, 0.29) is 24.3 Å². The van der Waals surface area contributed by atoms with E-state index in [1.54, 1.807) is 20.1 Å². The fourth-order valence-corrected chi connectivity index (χ4v) is 3.36. The Morgan fingerprint density at radius 3 is 2.40 bits per heavy atom. The first-order valence-corrected chi connectivity index (χ1v) is 11.1. The molecule has 2 unspecified atom stereocenters. The molecule has 6 nitrogen and oxygen atoms in total. The summed E-state index contributed by atoms with van der Waals surface area (Å²) in [6.45, 7) is 4.11. The number of esters is 1. The van der Waals surface area contributed by atoms with Gasteiger partial charge in [0.05, 0.1) is 19.8 Å². The molecule has 0 saturated heterocycles. The standard InChI is InChI=1S/C24H38O6/c1-4-29-24(27)16-8-6-5-7-11-20(19(2)25)12-9-13-21(26)18-30-23-15-10-14-22(17-23)28-3/h10,14-15,17,20-21,26H,4-9,11-13,16,18H2,1-3H3. The van der Waals surface area contributed by atoms with Crippen molar-refractivity contribution in [3.05, 3.63) is 24.3 Å². The van der Waals surface area contributed by atoms with Gasteiger partial charge in [-0.15, -0.1) is 0 Å². The highest BCUT2D eigenvalue weighted by atomic mass is 16.5. The number of unbranched alkanes of at least 4 members (excludes halogenated alkanes) is 3. The van der Waals surface area contributed by atoms with Gasteiger partial charge in [-0.25, -0.2) is 0 Å². The van der Waals surface area contributed by atoms with E-state index >= 15 is 0 Å². The summed E-state index contributed by atoms with van der Waals surface area (Å²) in [6.07, 6.45) is 6.76. The molecule has 0 bridgehead atoms. The van der Waals surface area contributed by atoms with Gasteiger partial charge in [0.1, 0.15) is 23.9 Å². The van der Waals surface area contributed by atoms with Gasteiger partial charge in [0.2, 0.25) is 0 Å². The molecule has 0 aliphatic rings. The SMILES string of the molecule is CCOC(=O)CCCCCCC(CCCC(O)COc1cccc(OC)c1)C(C)=O. The van der Waals surface area contributed by atoms with Gasteiger partial charge in [0.15, 0.2) is 0 Å². The van der Waals surface area contributed by atoms with Crippen molar-refractivity contribution in [3.8, 4) is 11.5 Å². The van der Waals surface area contributed by atoms with Crippen molar-refractivity contribution >= 4 is 11.8 Å². The lowest BCUT2D eigenvalue weighted by molar-refractivity contribution is -0.143. The van der Waals surface area contributed by atoms with Gasteiger partial charge in [0, 0.05) is 18.4 Å². The smallest absolute Gasteiger partial charge is 0.305 e. The molecule has 0 saturated carbocycles. The number of carbonyl (C=O) groups excluding carboxylic acids is 2. The molecule has 170 valence electrons. The number of aliphatic hydroxyl groups excluding tert-OH is 1. The highest BCUT2D eigenvalue weighted by Crippen LogP contribution is 2.21. The summed E-state index contributed by atoms with van der Waals surface area (Å²) in [7, 11) is 1.60. The molecule has 0 heterocycles. The zero-order valence-electron chi connectivity index (χ0n) is 18.7. The van der Waals surface area contributed by atoms with E-state index in [0.717, 1.165) is 44.9 Å². The van der Waals surface area contributed by atoms with E-state index in [4.69, 9.17) is 14.2 Å². The van der Waals surface area contributed by atoms with Crippen LogP contribution in [-0.4, -0.2) is 43.3 Å². The number of carbonyl (C=O) groups is 2. The average Bonchev–Trinajstić information content (AvgIpc) is 2.73. The normalized spacial score (nSPS) is 12.8. The number of methoxy groups -OCH3 is 1. The van der Waals surface area contributed by atoms with E-state index < -0.39 is 6.10 Å². The Balaban J connectivity index is 2.17. The minimum atomic E-state index is -0.563. The summed E-state index contributed by atoms with van der Waals surface area (Å²) >= 11 is 0. The number of ketones is 1. The Hall–Kier alpha value is -2.08. The lowest BCUT2D eigenvalue weighted by Crippen LogP contribution is -2.18. The molecule has 1 aromatic rings. The highest BCUT2D eigenvalue weighted by molar-refractivity contribution is 5.78. The van der Waals surface area contributed by atoms with Crippen molar-refractivity contribution < 1.29 is 28.9 Å². The first-order valence-electron chi connectivity index (χ1n) is 11.1. The molecule has 6 heteroatoms. The third-order valence-corrected chi connectivity index (χ3v) is 5.14. The van der Waals surface area contributed by atoms with Gasteiger partial charge < -0.3 is 19.3 Å². The predicted molar refractivity (Wildman–Crippen MR) is 117 cm³/mol. The summed E-state index contributed by atoms with van der Waals surface area (Å²) in [4.78, 5) is 23.2. The summed E-state index contributed by atoms with van der Waals surface area (Å²) < 4.78 is 15.7. The quantitative estimate of drug-likeness (QED) is 0.289. The van der Waals surface area contributed by atoms with E-state index in [9.17, 15) is 14.7 Å². The zero-order chi connectivity index (χ0) is 22.2. The minimum absolute atomic E-state index is 0.0431. The van der Waals surface area contributed by atoms with Crippen LogP contribution in [0.5, 0.6) is 11.5 Å². The Bertz CT molecular complexity index is 615. The molecule has 1 aromatic carbocycles. The number of hydrogen-bond acceptors (Lipinski definition) is 6. The molecule has 30 heavy (non-hydrogen) atoms.